The van der Waals surface area contributed by atoms with Crippen LogP contribution in [-0.4, -0.2) is 29.0 Å². The lowest BCUT2D eigenvalue weighted by molar-refractivity contribution is -0.384. The van der Waals surface area contributed by atoms with Gasteiger partial charge in [-0.1, -0.05) is 11.6 Å². The predicted octanol–water partition coefficient (Wildman–Crippen LogP) is 3.88. The second-order valence-electron chi connectivity index (χ2n) is 5.24. The Bertz CT molecular complexity index is 482. The van der Waals surface area contributed by atoms with Crippen LogP contribution in [0.25, 0.3) is 0 Å². The van der Waals surface area contributed by atoms with Crippen LogP contribution in [0.3, 0.4) is 0 Å². The van der Waals surface area contributed by atoms with E-state index >= 15 is 0 Å². The number of halogens is 1. The number of hydrogen-bond donors (Lipinski definition) is 0. The Labute approximate surface area is 124 Å². The van der Waals surface area contributed by atoms with Crippen LogP contribution in [0.2, 0.25) is 5.02 Å². The van der Waals surface area contributed by atoms with Gasteiger partial charge in [0.15, 0.2) is 0 Å². The van der Waals surface area contributed by atoms with Crippen molar-refractivity contribution < 1.29 is 9.66 Å². The van der Waals surface area contributed by atoms with Gasteiger partial charge in [-0.05, 0) is 27.7 Å². The summed E-state index contributed by atoms with van der Waals surface area (Å²) >= 11 is 6.07. The molecule has 0 aliphatic rings. The van der Waals surface area contributed by atoms with Gasteiger partial charge in [-0.15, -0.1) is 0 Å². The van der Waals surface area contributed by atoms with Crippen molar-refractivity contribution in [2.45, 2.75) is 46.3 Å². The largest absolute Gasteiger partial charge is 0.495 e. The molecule has 0 N–H and O–H groups in total. The van der Waals surface area contributed by atoms with Gasteiger partial charge in [-0.25, -0.2) is 0 Å². The standard InChI is InChI=1S/C14H21ClN2O3/c1-9(2)16(10(3)4)8-11-6-12(17(18)19)7-13(15)14(11)20-5/h6-7,9-10H,8H2,1-5H3. The third-order valence-corrected chi connectivity index (χ3v) is 3.48. The fourth-order valence-electron chi connectivity index (χ4n) is 2.24. The predicted molar refractivity (Wildman–Crippen MR) is 80.5 cm³/mol. The summed E-state index contributed by atoms with van der Waals surface area (Å²) in [6.07, 6.45) is 0. The third-order valence-electron chi connectivity index (χ3n) is 3.20. The molecule has 0 atom stereocenters. The van der Waals surface area contributed by atoms with Gasteiger partial charge in [0.25, 0.3) is 5.69 Å². The van der Waals surface area contributed by atoms with Crippen molar-refractivity contribution in [3.05, 3.63) is 32.8 Å². The van der Waals surface area contributed by atoms with Gasteiger partial charge in [0, 0.05) is 36.3 Å². The van der Waals surface area contributed by atoms with E-state index in [2.05, 4.69) is 32.6 Å². The number of methoxy groups -OCH3 is 1. The Morgan fingerprint density at radius 2 is 1.85 bits per heavy atom. The summed E-state index contributed by atoms with van der Waals surface area (Å²) in [7, 11) is 1.52. The molecule has 20 heavy (non-hydrogen) atoms. The van der Waals surface area contributed by atoms with E-state index in [0.717, 1.165) is 5.56 Å². The molecule has 1 aromatic rings. The highest BCUT2D eigenvalue weighted by molar-refractivity contribution is 6.32. The molecule has 0 bridgehead atoms. The minimum absolute atomic E-state index is 0.0155. The molecule has 6 heteroatoms. The second kappa shape index (κ2) is 6.90. The highest BCUT2D eigenvalue weighted by Crippen LogP contribution is 2.34. The molecule has 0 aliphatic carbocycles. The summed E-state index contributed by atoms with van der Waals surface area (Å²) < 4.78 is 5.29. The maximum atomic E-state index is 11.0. The lowest BCUT2D eigenvalue weighted by Crippen LogP contribution is -2.36. The molecular weight excluding hydrogens is 280 g/mol. The van der Waals surface area contributed by atoms with Crippen LogP contribution in [-0.2, 0) is 6.54 Å². The minimum Gasteiger partial charge on any atom is -0.495 e. The number of hydrogen-bond acceptors (Lipinski definition) is 4. The van der Waals surface area contributed by atoms with E-state index in [-0.39, 0.29) is 10.7 Å². The molecule has 0 saturated heterocycles. The monoisotopic (exact) mass is 300 g/mol. The van der Waals surface area contributed by atoms with Gasteiger partial charge >= 0.3 is 0 Å². The molecule has 0 radical (unpaired) electrons. The first-order valence-electron chi connectivity index (χ1n) is 6.54. The van der Waals surface area contributed by atoms with Gasteiger partial charge in [0.05, 0.1) is 17.1 Å². The second-order valence-corrected chi connectivity index (χ2v) is 5.64. The molecule has 0 saturated carbocycles. The number of benzene rings is 1. The number of non-ortho nitro benzene ring substituents is 1. The number of nitro benzene ring substituents is 1. The van der Waals surface area contributed by atoms with Crippen LogP contribution in [0.4, 0.5) is 5.69 Å². The van der Waals surface area contributed by atoms with Gasteiger partial charge in [0.1, 0.15) is 5.75 Å². The molecule has 1 rings (SSSR count). The van der Waals surface area contributed by atoms with Crippen LogP contribution in [0.5, 0.6) is 5.75 Å². The van der Waals surface area contributed by atoms with Crippen LogP contribution < -0.4 is 4.74 Å². The summed E-state index contributed by atoms with van der Waals surface area (Å²) in [5.41, 5.74) is 0.715. The van der Waals surface area contributed by atoms with Crippen LogP contribution in [0.1, 0.15) is 33.3 Å². The van der Waals surface area contributed by atoms with Crippen molar-refractivity contribution in [3.63, 3.8) is 0 Å². The zero-order valence-electron chi connectivity index (χ0n) is 12.5. The summed E-state index contributed by atoms with van der Waals surface area (Å²) in [4.78, 5) is 12.7. The maximum Gasteiger partial charge on any atom is 0.271 e. The molecule has 0 heterocycles. The average molecular weight is 301 g/mol. The van der Waals surface area contributed by atoms with Gasteiger partial charge < -0.3 is 4.74 Å². The molecular formula is C14H21ClN2O3. The Kier molecular flexibility index (Phi) is 5.77. The normalized spacial score (nSPS) is 11.4. The lowest BCUT2D eigenvalue weighted by Gasteiger charge is -2.31. The zero-order chi connectivity index (χ0) is 15.4. The van der Waals surface area contributed by atoms with E-state index < -0.39 is 4.92 Å². The Morgan fingerprint density at radius 1 is 1.30 bits per heavy atom. The van der Waals surface area contributed by atoms with Gasteiger partial charge in [0.2, 0.25) is 0 Å². The summed E-state index contributed by atoms with van der Waals surface area (Å²) in [6.45, 7) is 8.91. The Balaban J connectivity index is 3.23. The first-order valence-corrected chi connectivity index (χ1v) is 6.92. The van der Waals surface area contributed by atoms with Crippen molar-refractivity contribution >= 4 is 17.3 Å². The quantitative estimate of drug-likeness (QED) is 0.591. The number of nitrogens with zero attached hydrogens (tertiary/aromatic N) is 2. The fraction of sp³-hybridized carbons (Fsp3) is 0.571. The molecule has 0 aliphatic heterocycles. The molecule has 0 aromatic heterocycles. The van der Waals surface area contributed by atoms with Crippen molar-refractivity contribution in [2.24, 2.45) is 0 Å². The van der Waals surface area contributed by atoms with Crippen molar-refractivity contribution in [2.75, 3.05) is 7.11 Å². The van der Waals surface area contributed by atoms with E-state index in [1.54, 1.807) is 0 Å². The summed E-state index contributed by atoms with van der Waals surface area (Å²) in [5, 5.41) is 11.2. The third kappa shape index (κ3) is 3.84. The number of nitro groups is 1. The fourth-order valence-corrected chi connectivity index (χ4v) is 2.55. The SMILES string of the molecule is COc1c(Cl)cc([N+](=O)[O-])cc1CN(C(C)C)C(C)C. The maximum absolute atomic E-state index is 11.0. The molecule has 0 amide bonds. The van der Waals surface area contributed by atoms with Crippen LogP contribution in [0, 0.1) is 10.1 Å². The molecule has 0 fully saturated rings. The first-order chi connectivity index (χ1) is 9.27. The minimum atomic E-state index is -0.441. The number of ether oxygens (including phenoxy) is 1. The summed E-state index contributed by atoms with van der Waals surface area (Å²) in [5.74, 6) is 0.503. The van der Waals surface area contributed by atoms with Gasteiger partial charge in [-0.2, -0.15) is 0 Å². The van der Waals surface area contributed by atoms with Crippen LogP contribution in [0.15, 0.2) is 12.1 Å². The van der Waals surface area contributed by atoms with E-state index in [9.17, 15) is 10.1 Å². The van der Waals surface area contributed by atoms with Crippen molar-refractivity contribution in [3.8, 4) is 5.75 Å². The van der Waals surface area contributed by atoms with E-state index in [1.165, 1.54) is 19.2 Å². The van der Waals surface area contributed by atoms with Crippen molar-refractivity contribution in [1.82, 2.24) is 4.90 Å². The molecule has 5 nitrogen and oxygen atoms in total. The highest BCUT2D eigenvalue weighted by Gasteiger charge is 2.21. The lowest BCUT2D eigenvalue weighted by atomic mass is 10.1. The van der Waals surface area contributed by atoms with E-state index in [1.807, 2.05) is 0 Å². The smallest absolute Gasteiger partial charge is 0.271 e. The molecule has 112 valence electrons. The summed E-state index contributed by atoms with van der Waals surface area (Å²) in [6, 6.07) is 3.48. The zero-order valence-corrected chi connectivity index (χ0v) is 13.3. The van der Waals surface area contributed by atoms with Crippen LogP contribution >= 0.6 is 11.6 Å². The molecule has 1 aromatic carbocycles. The topological polar surface area (TPSA) is 55.6 Å². The Morgan fingerprint density at radius 3 is 2.25 bits per heavy atom. The Hall–Kier alpha value is -1.33. The van der Waals surface area contributed by atoms with E-state index in [4.69, 9.17) is 16.3 Å². The van der Waals surface area contributed by atoms with E-state index in [0.29, 0.717) is 24.4 Å². The highest BCUT2D eigenvalue weighted by atomic mass is 35.5. The molecule has 0 unspecified atom stereocenters. The first kappa shape index (κ1) is 16.7. The number of rotatable bonds is 6. The average Bonchev–Trinajstić information content (AvgIpc) is 2.34. The molecule has 0 spiro atoms. The van der Waals surface area contributed by atoms with Gasteiger partial charge in [-0.3, -0.25) is 15.0 Å². The van der Waals surface area contributed by atoms with Crippen molar-refractivity contribution in [1.29, 1.82) is 0 Å².